The number of carbonyl (C=O) groups excluding carboxylic acids is 2. The van der Waals surface area contributed by atoms with Gasteiger partial charge in [-0.05, 0) is 18.1 Å². The molecular formula is C14H20ClN3O2. The highest BCUT2D eigenvalue weighted by Crippen LogP contribution is 2.30. The Hall–Kier alpha value is -1.59. The molecule has 0 aliphatic carbocycles. The van der Waals surface area contributed by atoms with Gasteiger partial charge >= 0.3 is 0 Å². The fourth-order valence-corrected chi connectivity index (χ4v) is 2.36. The van der Waals surface area contributed by atoms with E-state index in [1.807, 2.05) is 24.3 Å². The number of nitrogens with zero attached hydrogens (tertiary/aromatic N) is 1. The Morgan fingerprint density at radius 3 is 2.65 bits per heavy atom. The third-order valence-corrected chi connectivity index (χ3v) is 3.60. The molecule has 1 aliphatic heterocycles. The number of benzene rings is 1. The Morgan fingerprint density at radius 2 is 2.05 bits per heavy atom. The molecule has 110 valence electrons. The molecule has 0 radical (unpaired) electrons. The topological polar surface area (TPSA) is 89.4 Å². The number of primary amides is 1. The summed E-state index contributed by atoms with van der Waals surface area (Å²) >= 11 is 0. The maximum absolute atomic E-state index is 12.4. The Bertz CT molecular complexity index is 507. The van der Waals surface area contributed by atoms with Gasteiger partial charge in [-0.1, -0.05) is 25.1 Å². The number of para-hydroxylation sites is 1. The van der Waals surface area contributed by atoms with Crippen molar-refractivity contribution in [2.45, 2.75) is 13.3 Å². The average molecular weight is 298 g/mol. The zero-order chi connectivity index (χ0) is 14.0. The predicted molar refractivity (Wildman–Crippen MR) is 80.6 cm³/mol. The molecule has 2 atom stereocenters. The minimum Gasteiger partial charge on any atom is -0.369 e. The number of hydrogen-bond acceptors (Lipinski definition) is 3. The smallest absolute Gasteiger partial charge is 0.231 e. The van der Waals surface area contributed by atoms with Crippen molar-refractivity contribution in [2.75, 3.05) is 18.0 Å². The molecule has 1 aromatic rings. The zero-order valence-electron chi connectivity index (χ0n) is 11.4. The average Bonchev–Trinajstić information content (AvgIpc) is 2.44. The van der Waals surface area contributed by atoms with E-state index in [1.165, 1.54) is 0 Å². The van der Waals surface area contributed by atoms with E-state index < -0.39 is 0 Å². The van der Waals surface area contributed by atoms with Crippen LogP contribution in [0.15, 0.2) is 24.3 Å². The van der Waals surface area contributed by atoms with E-state index in [2.05, 4.69) is 0 Å². The molecule has 0 aromatic heterocycles. The predicted octanol–water partition coefficient (Wildman–Crippen LogP) is 0.694. The highest BCUT2D eigenvalue weighted by molar-refractivity contribution is 5.97. The van der Waals surface area contributed by atoms with Gasteiger partial charge in [0.2, 0.25) is 11.8 Å². The number of nitrogens with two attached hydrogens (primary N) is 2. The lowest BCUT2D eigenvalue weighted by molar-refractivity contribution is -0.123. The van der Waals surface area contributed by atoms with Crippen molar-refractivity contribution in [3.8, 4) is 0 Å². The Labute approximate surface area is 124 Å². The van der Waals surface area contributed by atoms with Gasteiger partial charge in [0.1, 0.15) is 0 Å². The van der Waals surface area contributed by atoms with E-state index in [0.29, 0.717) is 19.5 Å². The first-order valence-corrected chi connectivity index (χ1v) is 6.43. The highest BCUT2D eigenvalue weighted by atomic mass is 35.5. The second kappa shape index (κ2) is 6.72. The molecule has 5 nitrogen and oxygen atoms in total. The molecule has 0 fully saturated rings. The van der Waals surface area contributed by atoms with E-state index in [0.717, 1.165) is 11.3 Å². The summed E-state index contributed by atoms with van der Waals surface area (Å²) in [7, 11) is 0. The third kappa shape index (κ3) is 3.11. The monoisotopic (exact) mass is 297 g/mol. The minimum absolute atomic E-state index is 0. The number of halogens is 1. The molecule has 2 unspecified atom stereocenters. The van der Waals surface area contributed by atoms with Gasteiger partial charge < -0.3 is 16.4 Å². The first-order chi connectivity index (χ1) is 9.04. The molecule has 20 heavy (non-hydrogen) atoms. The number of fused-ring (bicyclic) bond motifs is 1. The summed E-state index contributed by atoms with van der Waals surface area (Å²) in [4.78, 5) is 25.4. The van der Waals surface area contributed by atoms with E-state index in [1.54, 1.807) is 11.8 Å². The molecule has 6 heteroatoms. The van der Waals surface area contributed by atoms with Gasteiger partial charge in [0.05, 0.1) is 5.92 Å². The number of carbonyl (C=O) groups is 2. The second-order valence-corrected chi connectivity index (χ2v) is 5.02. The van der Waals surface area contributed by atoms with Crippen LogP contribution in [0.4, 0.5) is 5.69 Å². The lowest BCUT2D eigenvalue weighted by Gasteiger charge is -2.34. The quantitative estimate of drug-likeness (QED) is 0.860. The van der Waals surface area contributed by atoms with Gasteiger partial charge in [-0.2, -0.15) is 0 Å². The van der Waals surface area contributed by atoms with E-state index >= 15 is 0 Å². The van der Waals surface area contributed by atoms with Crippen molar-refractivity contribution in [2.24, 2.45) is 23.3 Å². The van der Waals surface area contributed by atoms with Crippen LogP contribution in [0.2, 0.25) is 0 Å². The molecule has 0 saturated heterocycles. The van der Waals surface area contributed by atoms with Gasteiger partial charge in [-0.3, -0.25) is 9.59 Å². The maximum atomic E-state index is 12.4. The van der Waals surface area contributed by atoms with Crippen molar-refractivity contribution < 1.29 is 9.59 Å². The minimum atomic E-state index is -0.368. The number of amides is 2. The Kier molecular flexibility index (Phi) is 5.53. The van der Waals surface area contributed by atoms with Crippen LogP contribution in [0, 0.1) is 11.8 Å². The van der Waals surface area contributed by atoms with Crippen LogP contribution in [-0.4, -0.2) is 24.9 Å². The number of rotatable bonds is 3. The zero-order valence-corrected chi connectivity index (χ0v) is 12.2. The molecule has 1 heterocycles. The highest BCUT2D eigenvalue weighted by Gasteiger charge is 2.32. The number of hydrogen-bond donors (Lipinski definition) is 2. The molecule has 2 amide bonds. The SMILES string of the molecule is CC(CN)C(=O)N1CC(C(N)=O)Cc2ccccc21.Cl. The van der Waals surface area contributed by atoms with Crippen molar-refractivity contribution >= 4 is 29.9 Å². The largest absolute Gasteiger partial charge is 0.369 e. The molecule has 0 bridgehead atoms. The molecule has 0 saturated carbocycles. The van der Waals surface area contributed by atoms with Crippen LogP contribution in [0.5, 0.6) is 0 Å². The fourth-order valence-electron chi connectivity index (χ4n) is 2.36. The van der Waals surface area contributed by atoms with Gasteiger partial charge in [-0.25, -0.2) is 0 Å². The van der Waals surface area contributed by atoms with Crippen LogP contribution in [0.1, 0.15) is 12.5 Å². The molecular weight excluding hydrogens is 278 g/mol. The molecule has 0 spiro atoms. The lowest BCUT2D eigenvalue weighted by atomic mass is 9.91. The summed E-state index contributed by atoms with van der Waals surface area (Å²) in [5.74, 6) is -1.02. The first-order valence-electron chi connectivity index (χ1n) is 6.43. The first kappa shape index (κ1) is 16.5. The van der Waals surface area contributed by atoms with Crippen LogP contribution in [-0.2, 0) is 16.0 Å². The van der Waals surface area contributed by atoms with E-state index in [-0.39, 0.29) is 36.1 Å². The van der Waals surface area contributed by atoms with Crippen molar-refractivity contribution in [3.05, 3.63) is 29.8 Å². The van der Waals surface area contributed by atoms with Gasteiger partial charge in [0.25, 0.3) is 0 Å². The van der Waals surface area contributed by atoms with Crippen LogP contribution >= 0.6 is 12.4 Å². The molecule has 1 aliphatic rings. The second-order valence-electron chi connectivity index (χ2n) is 5.02. The van der Waals surface area contributed by atoms with E-state index in [4.69, 9.17) is 11.5 Å². The summed E-state index contributed by atoms with van der Waals surface area (Å²) < 4.78 is 0. The van der Waals surface area contributed by atoms with Crippen LogP contribution in [0.3, 0.4) is 0 Å². The van der Waals surface area contributed by atoms with Gasteiger partial charge in [0, 0.05) is 24.7 Å². The molecule has 2 rings (SSSR count). The van der Waals surface area contributed by atoms with Gasteiger partial charge in [0.15, 0.2) is 0 Å². The summed E-state index contributed by atoms with van der Waals surface area (Å²) in [6, 6.07) is 7.61. The van der Waals surface area contributed by atoms with Crippen LogP contribution < -0.4 is 16.4 Å². The molecule has 4 N–H and O–H groups in total. The Morgan fingerprint density at radius 1 is 1.40 bits per heavy atom. The molecule has 1 aromatic carbocycles. The lowest BCUT2D eigenvalue weighted by Crippen LogP contribution is -2.47. The van der Waals surface area contributed by atoms with Gasteiger partial charge in [-0.15, -0.1) is 12.4 Å². The number of anilines is 1. The van der Waals surface area contributed by atoms with Crippen LogP contribution in [0.25, 0.3) is 0 Å². The van der Waals surface area contributed by atoms with Crippen molar-refractivity contribution in [1.82, 2.24) is 0 Å². The van der Waals surface area contributed by atoms with E-state index in [9.17, 15) is 9.59 Å². The summed E-state index contributed by atoms with van der Waals surface area (Å²) in [5.41, 5.74) is 12.8. The van der Waals surface area contributed by atoms with Crippen molar-refractivity contribution in [3.63, 3.8) is 0 Å². The normalized spacial score (nSPS) is 18.7. The fraction of sp³-hybridized carbons (Fsp3) is 0.429. The Balaban J connectivity index is 0.00000200. The summed E-state index contributed by atoms with van der Waals surface area (Å²) in [5, 5.41) is 0. The third-order valence-electron chi connectivity index (χ3n) is 3.60. The maximum Gasteiger partial charge on any atom is 0.231 e. The summed E-state index contributed by atoms with van der Waals surface area (Å²) in [6.45, 7) is 2.42. The standard InChI is InChI=1S/C14H19N3O2.ClH/c1-9(7-15)14(19)17-8-11(13(16)18)6-10-4-2-3-5-12(10)17;/h2-5,9,11H,6-8,15H2,1H3,(H2,16,18);1H. The summed E-state index contributed by atoms with van der Waals surface area (Å²) in [6.07, 6.45) is 0.590. The van der Waals surface area contributed by atoms with Crippen molar-refractivity contribution in [1.29, 1.82) is 0 Å².